The summed E-state index contributed by atoms with van der Waals surface area (Å²) in [7, 11) is -3.38. The highest BCUT2D eigenvalue weighted by Crippen LogP contribution is 2.11. The smallest absolute Gasteiger partial charge is 0.249 e. The summed E-state index contributed by atoms with van der Waals surface area (Å²) in [5.41, 5.74) is 0.855. The van der Waals surface area contributed by atoms with Gasteiger partial charge in [0.15, 0.2) is 0 Å². The number of benzene rings is 1. The maximum absolute atomic E-state index is 12.9. The molecule has 1 amide bonds. The van der Waals surface area contributed by atoms with Gasteiger partial charge in [0.25, 0.3) is 0 Å². The number of amides is 1. The monoisotopic (exact) mass is 358 g/mol. The standard InChI is InChI=1S/C16H23FN2O4S/c1-24(21,22)19(10-8-13-4-6-14(17)7-5-13)11-9-18-16(20)15-3-2-12-23-15/h4-7,15H,2-3,8-12H2,1H3,(H,18,20). The molecule has 1 saturated heterocycles. The Morgan fingerprint density at radius 3 is 2.62 bits per heavy atom. The predicted molar refractivity (Wildman–Crippen MR) is 88.5 cm³/mol. The molecule has 6 nitrogen and oxygen atoms in total. The van der Waals surface area contributed by atoms with E-state index in [0.717, 1.165) is 18.2 Å². The normalized spacial score (nSPS) is 18.0. The average Bonchev–Trinajstić information content (AvgIpc) is 3.05. The van der Waals surface area contributed by atoms with Crippen LogP contribution >= 0.6 is 0 Å². The van der Waals surface area contributed by atoms with Gasteiger partial charge in [-0.1, -0.05) is 12.1 Å². The minimum atomic E-state index is -3.38. The summed E-state index contributed by atoms with van der Waals surface area (Å²) in [5.74, 6) is -0.518. The summed E-state index contributed by atoms with van der Waals surface area (Å²) < 4.78 is 43.2. The zero-order chi connectivity index (χ0) is 17.6. The molecule has 1 aliphatic rings. The number of sulfonamides is 1. The molecule has 0 saturated carbocycles. The van der Waals surface area contributed by atoms with Crippen LogP contribution in [0.3, 0.4) is 0 Å². The van der Waals surface area contributed by atoms with Crippen molar-refractivity contribution < 1.29 is 22.3 Å². The number of hydrogen-bond acceptors (Lipinski definition) is 4. The van der Waals surface area contributed by atoms with Crippen LogP contribution in [0.1, 0.15) is 18.4 Å². The van der Waals surface area contributed by atoms with Crippen molar-refractivity contribution in [1.29, 1.82) is 0 Å². The van der Waals surface area contributed by atoms with E-state index in [1.807, 2.05) is 0 Å². The maximum Gasteiger partial charge on any atom is 0.249 e. The van der Waals surface area contributed by atoms with Crippen LogP contribution in [0.4, 0.5) is 4.39 Å². The molecule has 1 aromatic carbocycles. The number of rotatable bonds is 8. The number of carbonyl (C=O) groups is 1. The van der Waals surface area contributed by atoms with Crippen molar-refractivity contribution in [2.24, 2.45) is 0 Å². The molecule has 8 heteroatoms. The van der Waals surface area contributed by atoms with Gasteiger partial charge in [0.1, 0.15) is 11.9 Å². The highest BCUT2D eigenvalue weighted by molar-refractivity contribution is 7.88. The highest BCUT2D eigenvalue weighted by atomic mass is 32.2. The minimum absolute atomic E-state index is 0.193. The summed E-state index contributed by atoms with van der Waals surface area (Å²) in [6, 6.07) is 5.97. The lowest BCUT2D eigenvalue weighted by atomic mass is 10.1. The Hall–Kier alpha value is -1.51. The third kappa shape index (κ3) is 5.85. The van der Waals surface area contributed by atoms with E-state index < -0.39 is 16.1 Å². The van der Waals surface area contributed by atoms with Gasteiger partial charge in [-0.15, -0.1) is 0 Å². The van der Waals surface area contributed by atoms with E-state index in [0.29, 0.717) is 19.4 Å². The number of nitrogens with one attached hydrogen (secondary N) is 1. The van der Waals surface area contributed by atoms with Crippen LogP contribution < -0.4 is 5.32 Å². The highest BCUT2D eigenvalue weighted by Gasteiger charge is 2.23. The number of halogens is 1. The van der Waals surface area contributed by atoms with E-state index in [2.05, 4.69) is 5.32 Å². The molecule has 0 aliphatic carbocycles. The Morgan fingerprint density at radius 2 is 2.04 bits per heavy atom. The molecule has 1 aliphatic heterocycles. The van der Waals surface area contributed by atoms with Crippen molar-refractivity contribution in [1.82, 2.24) is 9.62 Å². The fourth-order valence-corrected chi connectivity index (χ4v) is 3.40. The summed E-state index contributed by atoms with van der Waals surface area (Å²) in [4.78, 5) is 11.8. The van der Waals surface area contributed by atoms with Gasteiger partial charge in [0.05, 0.1) is 6.26 Å². The summed E-state index contributed by atoms with van der Waals surface area (Å²) in [6.07, 6.45) is 2.76. The van der Waals surface area contributed by atoms with Crippen LogP contribution in [0.5, 0.6) is 0 Å². The van der Waals surface area contributed by atoms with E-state index in [1.165, 1.54) is 16.4 Å². The van der Waals surface area contributed by atoms with E-state index >= 15 is 0 Å². The van der Waals surface area contributed by atoms with Crippen molar-refractivity contribution >= 4 is 15.9 Å². The van der Waals surface area contributed by atoms with Crippen LogP contribution in [0.2, 0.25) is 0 Å². The van der Waals surface area contributed by atoms with E-state index in [9.17, 15) is 17.6 Å². The van der Waals surface area contributed by atoms with Gasteiger partial charge >= 0.3 is 0 Å². The minimum Gasteiger partial charge on any atom is -0.368 e. The van der Waals surface area contributed by atoms with Crippen LogP contribution in [0, 0.1) is 5.82 Å². The molecule has 1 N–H and O–H groups in total. The zero-order valence-corrected chi connectivity index (χ0v) is 14.5. The molecule has 2 rings (SSSR count). The number of carbonyl (C=O) groups excluding carboxylic acids is 1. The van der Waals surface area contributed by atoms with E-state index in [4.69, 9.17) is 4.74 Å². The lowest BCUT2D eigenvalue weighted by molar-refractivity contribution is -0.130. The topological polar surface area (TPSA) is 75.7 Å². The van der Waals surface area contributed by atoms with Crippen molar-refractivity contribution in [2.75, 3.05) is 32.5 Å². The second-order valence-corrected chi connectivity index (χ2v) is 7.81. The third-order valence-corrected chi connectivity index (χ3v) is 5.22. The molecule has 1 heterocycles. The molecule has 1 atom stereocenters. The second kappa shape index (κ2) is 8.55. The van der Waals surface area contributed by atoms with Gasteiger partial charge in [-0.2, -0.15) is 0 Å². The van der Waals surface area contributed by atoms with Crippen LogP contribution in [0.15, 0.2) is 24.3 Å². The molecule has 0 bridgehead atoms. The SMILES string of the molecule is CS(=O)(=O)N(CCNC(=O)C1CCCO1)CCc1ccc(F)cc1. The van der Waals surface area contributed by atoms with Crippen molar-refractivity contribution in [2.45, 2.75) is 25.4 Å². The van der Waals surface area contributed by atoms with Crippen LogP contribution in [-0.2, 0) is 26.0 Å². The first-order valence-electron chi connectivity index (χ1n) is 7.95. The van der Waals surface area contributed by atoms with Gasteiger partial charge in [0, 0.05) is 26.2 Å². The third-order valence-electron chi connectivity index (χ3n) is 3.91. The molecule has 0 spiro atoms. The maximum atomic E-state index is 12.9. The molecule has 134 valence electrons. The molecule has 1 unspecified atom stereocenters. The summed E-state index contributed by atoms with van der Waals surface area (Å²) in [5, 5.41) is 2.71. The molecular formula is C16H23FN2O4S. The Kier molecular flexibility index (Phi) is 6.70. The van der Waals surface area contributed by atoms with Gasteiger partial charge in [0.2, 0.25) is 15.9 Å². The molecule has 1 fully saturated rings. The van der Waals surface area contributed by atoms with E-state index in [1.54, 1.807) is 12.1 Å². The largest absolute Gasteiger partial charge is 0.368 e. The Morgan fingerprint density at radius 1 is 1.33 bits per heavy atom. The molecule has 0 aromatic heterocycles. The van der Waals surface area contributed by atoms with Gasteiger partial charge in [-0.05, 0) is 37.0 Å². The van der Waals surface area contributed by atoms with Gasteiger partial charge in [-0.3, -0.25) is 4.79 Å². The zero-order valence-electron chi connectivity index (χ0n) is 13.7. The van der Waals surface area contributed by atoms with Crippen molar-refractivity contribution in [3.05, 3.63) is 35.6 Å². The van der Waals surface area contributed by atoms with Crippen LogP contribution in [-0.4, -0.2) is 57.2 Å². The lowest BCUT2D eigenvalue weighted by Crippen LogP contribution is -2.41. The Labute approximate surface area is 142 Å². The van der Waals surface area contributed by atoms with E-state index in [-0.39, 0.29) is 31.4 Å². The first-order valence-corrected chi connectivity index (χ1v) is 9.80. The van der Waals surface area contributed by atoms with Crippen molar-refractivity contribution in [3.8, 4) is 0 Å². The number of nitrogens with zero attached hydrogens (tertiary/aromatic N) is 1. The fraction of sp³-hybridized carbons (Fsp3) is 0.562. The summed E-state index contributed by atoms with van der Waals surface area (Å²) >= 11 is 0. The van der Waals surface area contributed by atoms with Crippen molar-refractivity contribution in [3.63, 3.8) is 0 Å². The van der Waals surface area contributed by atoms with Gasteiger partial charge in [-0.25, -0.2) is 17.1 Å². The second-order valence-electron chi connectivity index (χ2n) is 5.83. The first kappa shape index (κ1) is 18.8. The molecular weight excluding hydrogens is 335 g/mol. The Balaban J connectivity index is 1.82. The Bertz CT molecular complexity index is 643. The fourth-order valence-electron chi connectivity index (χ4n) is 2.55. The predicted octanol–water partition coefficient (Wildman–Crippen LogP) is 0.925. The first-order chi connectivity index (χ1) is 11.4. The van der Waals surface area contributed by atoms with Crippen LogP contribution in [0.25, 0.3) is 0 Å². The van der Waals surface area contributed by atoms with Gasteiger partial charge < -0.3 is 10.1 Å². The molecule has 1 aromatic rings. The molecule has 24 heavy (non-hydrogen) atoms. The average molecular weight is 358 g/mol. The lowest BCUT2D eigenvalue weighted by Gasteiger charge is -2.20. The number of ether oxygens (including phenoxy) is 1. The quantitative estimate of drug-likeness (QED) is 0.750. The summed E-state index contributed by atoms with van der Waals surface area (Å²) in [6.45, 7) is 1.29. The molecule has 0 radical (unpaired) electrons. The number of hydrogen-bond donors (Lipinski definition) is 1.